The number of halogens is 4. The summed E-state index contributed by atoms with van der Waals surface area (Å²) in [6, 6.07) is 0. The Morgan fingerprint density at radius 1 is 1.00 bits per heavy atom. The predicted molar refractivity (Wildman–Crippen MR) is 12.3 cm³/mol. The minimum absolute atomic E-state index is 0. The van der Waals surface area contributed by atoms with Gasteiger partial charge >= 0.3 is 23.1 Å². The molecule has 0 atom stereocenters. The van der Waals surface area contributed by atoms with Gasteiger partial charge < -0.3 is 30.2 Å². The Bertz CT molecular complexity index is 15.5. The van der Waals surface area contributed by atoms with Crippen LogP contribution in [0, 0.1) is 6.68 Å². The van der Waals surface area contributed by atoms with E-state index < -0.39 is 6.68 Å². The predicted octanol–water partition coefficient (Wildman–Crippen LogP) is -2.03. The molecular weight excluding hydrogens is 173 g/mol. The van der Waals surface area contributed by atoms with Crippen LogP contribution in [0.5, 0.6) is 0 Å². The molecule has 0 fully saturated rings. The zero-order valence-corrected chi connectivity index (χ0v) is 5.72. The Morgan fingerprint density at radius 3 is 1.00 bits per heavy atom. The molecule has 0 aliphatic heterocycles. The SMILES string of the molecule is F[C-](F)F.[Br-].[Mg+2]. The van der Waals surface area contributed by atoms with Crippen LogP contribution < -0.4 is 17.0 Å². The molecule has 0 radical (unpaired) electrons. The summed E-state index contributed by atoms with van der Waals surface area (Å²) in [4.78, 5) is 0. The van der Waals surface area contributed by atoms with Crippen LogP contribution in [0.4, 0.5) is 13.2 Å². The average Bonchev–Trinajstić information content (AvgIpc) is 0.811. The summed E-state index contributed by atoms with van der Waals surface area (Å²) in [6.45, 7) is -3.08. The molecule has 34 valence electrons. The number of hydrogen-bond acceptors (Lipinski definition) is 0. The molecule has 0 saturated heterocycles. The van der Waals surface area contributed by atoms with Gasteiger partial charge in [0.1, 0.15) is 0 Å². The summed E-state index contributed by atoms with van der Waals surface area (Å²) in [5, 5.41) is 0. The topological polar surface area (TPSA) is 0 Å². The van der Waals surface area contributed by atoms with Crippen LogP contribution >= 0.6 is 0 Å². The third-order valence-electron chi connectivity index (χ3n) is 0. The quantitative estimate of drug-likeness (QED) is 0.293. The minimum atomic E-state index is -3.08. The first-order chi connectivity index (χ1) is 1.73. The van der Waals surface area contributed by atoms with Gasteiger partial charge in [0.25, 0.3) is 0 Å². The van der Waals surface area contributed by atoms with Crippen LogP contribution in [-0.4, -0.2) is 23.1 Å². The number of hydrogen-bond donors (Lipinski definition) is 0. The molecule has 5 heteroatoms. The Labute approximate surface area is 60.0 Å². The van der Waals surface area contributed by atoms with Crippen LogP contribution in [0.15, 0.2) is 0 Å². The molecule has 0 heterocycles. The molecule has 0 aliphatic carbocycles. The molecule has 0 aromatic heterocycles. The Hall–Kier alpha value is 1.04. The van der Waals surface area contributed by atoms with Gasteiger partial charge in [0.15, 0.2) is 6.68 Å². The fraction of sp³-hybridized carbons (Fsp3) is 0. The second-order valence-electron chi connectivity index (χ2n) is 0.214. The van der Waals surface area contributed by atoms with Gasteiger partial charge in [-0.05, 0) is 0 Å². The fourth-order valence-electron chi connectivity index (χ4n) is 0. The maximum atomic E-state index is 9.58. The largest absolute Gasteiger partial charge is 2.00 e. The molecule has 0 aromatic rings. The zero-order valence-electron chi connectivity index (χ0n) is 2.72. The Balaban J connectivity index is -0.0000000450. The van der Waals surface area contributed by atoms with Gasteiger partial charge in [0.2, 0.25) is 0 Å². The van der Waals surface area contributed by atoms with E-state index in [9.17, 15) is 13.2 Å². The van der Waals surface area contributed by atoms with Crippen molar-refractivity contribution in [2.75, 3.05) is 0 Å². The summed E-state index contributed by atoms with van der Waals surface area (Å²) < 4.78 is 28.8. The van der Waals surface area contributed by atoms with Crippen molar-refractivity contribution >= 4 is 23.1 Å². The fourth-order valence-corrected chi connectivity index (χ4v) is 0. The molecule has 0 bridgehead atoms. The first kappa shape index (κ1) is 15.7. The molecule has 0 rings (SSSR count). The van der Waals surface area contributed by atoms with Gasteiger partial charge in [-0.3, -0.25) is 0 Å². The van der Waals surface area contributed by atoms with Gasteiger partial charge in [-0.2, -0.15) is 0 Å². The van der Waals surface area contributed by atoms with E-state index in [1.54, 1.807) is 0 Å². The van der Waals surface area contributed by atoms with E-state index >= 15 is 0 Å². The summed E-state index contributed by atoms with van der Waals surface area (Å²) in [5.74, 6) is 0. The first-order valence-electron chi connectivity index (χ1n) is 0.567. The summed E-state index contributed by atoms with van der Waals surface area (Å²) in [7, 11) is 0. The molecule has 0 nitrogen and oxygen atoms in total. The second-order valence-corrected chi connectivity index (χ2v) is 0.214. The van der Waals surface area contributed by atoms with E-state index in [0.717, 1.165) is 0 Å². The van der Waals surface area contributed by atoms with E-state index in [1.807, 2.05) is 0 Å². The van der Waals surface area contributed by atoms with Gasteiger partial charge in [-0.25, -0.2) is 0 Å². The van der Waals surface area contributed by atoms with Crippen molar-refractivity contribution in [2.24, 2.45) is 0 Å². The molecule has 0 saturated carbocycles. The first-order valence-corrected chi connectivity index (χ1v) is 0.567. The number of rotatable bonds is 0. The van der Waals surface area contributed by atoms with Crippen molar-refractivity contribution in [1.29, 1.82) is 0 Å². The smallest absolute Gasteiger partial charge is 1.00 e. The van der Waals surface area contributed by atoms with Crippen LogP contribution in [0.1, 0.15) is 0 Å². The minimum Gasteiger partial charge on any atom is -1.00 e. The van der Waals surface area contributed by atoms with Crippen molar-refractivity contribution in [2.45, 2.75) is 0 Å². The normalized spacial score (nSPS) is 6.00. The molecule has 0 aliphatic rings. The maximum Gasteiger partial charge on any atom is 2.00 e. The van der Waals surface area contributed by atoms with Crippen molar-refractivity contribution in [3.63, 3.8) is 0 Å². The summed E-state index contributed by atoms with van der Waals surface area (Å²) in [5.41, 5.74) is 0. The molecule has 0 amide bonds. The van der Waals surface area contributed by atoms with E-state index in [1.165, 1.54) is 0 Å². The Morgan fingerprint density at radius 2 is 1.00 bits per heavy atom. The van der Waals surface area contributed by atoms with E-state index in [-0.39, 0.29) is 40.0 Å². The van der Waals surface area contributed by atoms with Crippen LogP contribution in [0.2, 0.25) is 0 Å². The Kier molecular flexibility index (Phi) is 24.6. The van der Waals surface area contributed by atoms with Gasteiger partial charge in [-0.1, -0.05) is 0 Å². The molecule has 0 spiro atoms. The van der Waals surface area contributed by atoms with Gasteiger partial charge in [-0.15, -0.1) is 0 Å². The van der Waals surface area contributed by atoms with Crippen LogP contribution in [-0.2, 0) is 0 Å². The molecule has 0 N–H and O–H groups in total. The molecule has 0 aromatic carbocycles. The zero-order chi connectivity index (χ0) is 3.58. The third kappa shape index (κ3) is 76.4. The van der Waals surface area contributed by atoms with E-state index in [4.69, 9.17) is 0 Å². The average molecular weight is 173 g/mol. The van der Waals surface area contributed by atoms with Crippen molar-refractivity contribution in [3.05, 3.63) is 6.68 Å². The van der Waals surface area contributed by atoms with Crippen LogP contribution in [0.25, 0.3) is 0 Å². The molecule has 0 unspecified atom stereocenters. The van der Waals surface area contributed by atoms with Gasteiger partial charge in [0, 0.05) is 0 Å². The summed E-state index contributed by atoms with van der Waals surface area (Å²) in [6.07, 6.45) is 0. The molecular formula is CBrF3Mg. The maximum absolute atomic E-state index is 9.58. The second kappa shape index (κ2) is 9.40. The van der Waals surface area contributed by atoms with Crippen LogP contribution in [0.3, 0.4) is 0 Å². The molecule has 6 heavy (non-hydrogen) atoms. The van der Waals surface area contributed by atoms with E-state index in [0.29, 0.717) is 0 Å². The monoisotopic (exact) mass is 172 g/mol. The van der Waals surface area contributed by atoms with Crippen molar-refractivity contribution in [1.82, 2.24) is 0 Å². The van der Waals surface area contributed by atoms with Crippen molar-refractivity contribution in [3.8, 4) is 0 Å². The standard InChI is InChI=1S/CF3.BrH.Mg/c2-1(3)4;;/h;1H;/q-1;;+2/p-1. The van der Waals surface area contributed by atoms with E-state index in [2.05, 4.69) is 0 Å². The van der Waals surface area contributed by atoms with Gasteiger partial charge in [0.05, 0.1) is 0 Å². The van der Waals surface area contributed by atoms with Crippen molar-refractivity contribution < 1.29 is 30.2 Å². The third-order valence-corrected chi connectivity index (χ3v) is 0. The summed E-state index contributed by atoms with van der Waals surface area (Å²) >= 11 is 0.